The van der Waals surface area contributed by atoms with Gasteiger partial charge < -0.3 is 20.0 Å². The van der Waals surface area contributed by atoms with Crippen LogP contribution in [0.1, 0.15) is 202 Å². The fraction of sp³-hybridized carbons (Fsp3) is 0.949. The van der Waals surface area contributed by atoms with Crippen molar-refractivity contribution in [3.63, 3.8) is 0 Å². The molecule has 272 valence electrons. The van der Waals surface area contributed by atoms with E-state index in [1.165, 1.54) is 193 Å². The molecule has 0 spiro atoms. The summed E-state index contributed by atoms with van der Waals surface area (Å²) in [5, 5.41) is 15.4. The van der Waals surface area contributed by atoms with Crippen LogP contribution >= 0.6 is 0 Å². The highest BCUT2D eigenvalue weighted by Gasteiger charge is 2.05. The molecule has 0 atom stereocenters. The minimum absolute atomic E-state index is 0.806. The van der Waals surface area contributed by atoms with Crippen LogP contribution in [-0.4, -0.2) is 71.2 Å². The van der Waals surface area contributed by atoms with E-state index in [1.54, 1.807) is 0 Å². The molecule has 0 unspecified atom stereocenters. The Labute approximate surface area is 282 Å². The second-order valence-corrected chi connectivity index (χ2v) is 13.0. The minimum Gasteiger partial charge on any atom is -0.481 e. The van der Waals surface area contributed by atoms with E-state index in [0.29, 0.717) is 0 Å². The zero-order valence-corrected chi connectivity index (χ0v) is 31.5. The third-order valence-corrected chi connectivity index (χ3v) is 8.27. The molecule has 6 nitrogen and oxygen atoms in total. The van der Waals surface area contributed by atoms with Crippen LogP contribution in [0.25, 0.3) is 0 Å². The molecule has 0 aliphatic carbocycles. The van der Waals surface area contributed by atoms with Gasteiger partial charge in [-0.15, -0.1) is 0 Å². The molecular formula is C39H82N2O4. The first-order chi connectivity index (χ1) is 21.8. The predicted octanol–water partition coefficient (Wildman–Crippen LogP) is 11.6. The molecule has 0 saturated carbocycles. The number of hydrogen-bond donors (Lipinski definition) is 2. The number of rotatable bonds is 32. The van der Waals surface area contributed by atoms with E-state index in [1.807, 2.05) is 0 Å². The van der Waals surface area contributed by atoms with E-state index in [4.69, 9.17) is 10.2 Å². The molecule has 0 amide bonds. The van der Waals surface area contributed by atoms with E-state index in [9.17, 15) is 9.59 Å². The lowest BCUT2D eigenvalue weighted by atomic mass is 10.1. The third-order valence-electron chi connectivity index (χ3n) is 8.27. The first-order valence-electron chi connectivity index (χ1n) is 19.7. The van der Waals surface area contributed by atoms with Crippen molar-refractivity contribution in [3.8, 4) is 0 Å². The average molecular weight is 643 g/mol. The van der Waals surface area contributed by atoms with Gasteiger partial charge in [0.1, 0.15) is 6.42 Å². The maximum atomic E-state index is 9.43. The molecule has 2 N–H and O–H groups in total. The molecule has 0 rings (SSSR count). The van der Waals surface area contributed by atoms with Crippen LogP contribution in [0.2, 0.25) is 0 Å². The zero-order valence-electron chi connectivity index (χ0n) is 31.5. The number of hydrogen-bond acceptors (Lipinski definition) is 4. The molecule has 6 heteroatoms. The molecule has 0 bridgehead atoms. The monoisotopic (exact) mass is 643 g/mol. The lowest BCUT2D eigenvalue weighted by Gasteiger charge is -2.22. The van der Waals surface area contributed by atoms with Crippen molar-refractivity contribution < 1.29 is 19.8 Å². The van der Waals surface area contributed by atoms with Crippen molar-refractivity contribution in [2.45, 2.75) is 202 Å². The van der Waals surface area contributed by atoms with E-state index in [2.05, 4.69) is 51.3 Å². The number of aliphatic carboxylic acids is 2. The van der Waals surface area contributed by atoms with Gasteiger partial charge in [0.05, 0.1) is 0 Å². The van der Waals surface area contributed by atoms with Gasteiger partial charge in [0.15, 0.2) is 0 Å². The summed E-state index contributed by atoms with van der Waals surface area (Å²) < 4.78 is 0. The lowest BCUT2D eigenvalue weighted by Crippen LogP contribution is -2.27. The first-order valence-corrected chi connectivity index (χ1v) is 19.7. The van der Waals surface area contributed by atoms with E-state index < -0.39 is 18.4 Å². The predicted molar refractivity (Wildman–Crippen MR) is 198 cm³/mol. The molecule has 0 fully saturated rings. The van der Waals surface area contributed by atoms with Gasteiger partial charge in [-0.3, -0.25) is 9.59 Å². The van der Waals surface area contributed by atoms with Crippen LogP contribution in [0.4, 0.5) is 0 Å². The van der Waals surface area contributed by atoms with Gasteiger partial charge in [-0.05, 0) is 77.8 Å². The Hall–Kier alpha value is -1.14. The molecule has 0 radical (unpaired) electrons. The highest BCUT2D eigenvalue weighted by Crippen LogP contribution is 2.09. The number of unbranched alkanes of at least 4 members (excludes halogenated alkanes) is 18. The van der Waals surface area contributed by atoms with Crippen molar-refractivity contribution in [1.82, 2.24) is 9.80 Å². The normalized spacial score (nSPS) is 10.8. The van der Waals surface area contributed by atoms with Crippen LogP contribution in [0.3, 0.4) is 0 Å². The number of nitrogens with zero attached hydrogens (tertiary/aromatic N) is 2. The second-order valence-electron chi connectivity index (χ2n) is 13.0. The summed E-state index contributed by atoms with van der Waals surface area (Å²) in [7, 11) is 0. The van der Waals surface area contributed by atoms with Gasteiger partial charge in [-0.2, -0.15) is 0 Å². The summed E-state index contributed by atoms with van der Waals surface area (Å²) in [5.74, 6) is -2.62. The minimum atomic E-state index is -1.31. The highest BCUT2D eigenvalue weighted by atomic mass is 16.4. The number of carboxylic acid groups (broad SMARTS) is 2. The topological polar surface area (TPSA) is 81.1 Å². The molecule has 0 aliphatic heterocycles. The molecule has 0 aliphatic rings. The standard InChI is InChI=1S/2C18H39N.C3H4O4/c2*1-4-7-10-13-16-19(17-14-11-8-5-2)18-15-12-9-6-3;4-2(5)1-3(6)7/h2*4-18H2,1-3H3;1H2,(H,4,5)(H,6,7). The Morgan fingerprint density at radius 2 is 0.511 bits per heavy atom. The van der Waals surface area contributed by atoms with Crippen LogP contribution < -0.4 is 0 Å². The zero-order chi connectivity index (χ0) is 34.2. The Kier molecular flexibility index (Phi) is 46.0. The highest BCUT2D eigenvalue weighted by molar-refractivity contribution is 5.88. The molecule has 0 heterocycles. The van der Waals surface area contributed by atoms with Crippen molar-refractivity contribution in [3.05, 3.63) is 0 Å². The summed E-state index contributed by atoms with van der Waals surface area (Å²) >= 11 is 0. The SMILES string of the molecule is CCCCCCN(CCCCCC)CCCCCC.CCCCCCN(CCCCCC)CCCCCC.O=C(O)CC(=O)O. The van der Waals surface area contributed by atoms with Crippen LogP contribution in [0.5, 0.6) is 0 Å². The van der Waals surface area contributed by atoms with Crippen molar-refractivity contribution in [1.29, 1.82) is 0 Å². The van der Waals surface area contributed by atoms with Gasteiger partial charge in [-0.25, -0.2) is 0 Å². The molecule has 0 aromatic carbocycles. The van der Waals surface area contributed by atoms with Gasteiger partial charge >= 0.3 is 11.9 Å². The summed E-state index contributed by atoms with van der Waals surface area (Å²) in [6.45, 7) is 21.9. The van der Waals surface area contributed by atoms with Crippen LogP contribution in [0, 0.1) is 0 Å². The lowest BCUT2D eigenvalue weighted by molar-refractivity contribution is -0.147. The summed E-state index contributed by atoms with van der Waals surface area (Å²) in [6, 6.07) is 0. The van der Waals surface area contributed by atoms with E-state index in [0.717, 1.165) is 0 Å². The number of carbonyl (C=O) groups is 2. The average Bonchev–Trinajstić information content (AvgIpc) is 3.01. The summed E-state index contributed by atoms with van der Waals surface area (Å²) in [6.07, 6.45) is 32.9. The molecule has 0 aromatic rings. The Balaban J connectivity index is -0.000000648. The maximum Gasteiger partial charge on any atom is 0.314 e. The second kappa shape index (κ2) is 42.9. The molecular weight excluding hydrogens is 560 g/mol. The fourth-order valence-corrected chi connectivity index (χ4v) is 5.37. The van der Waals surface area contributed by atoms with Crippen LogP contribution in [-0.2, 0) is 9.59 Å². The molecule has 0 saturated heterocycles. The smallest absolute Gasteiger partial charge is 0.314 e. The Morgan fingerprint density at radius 3 is 0.622 bits per heavy atom. The fourth-order valence-electron chi connectivity index (χ4n) is 5.37. The Bertz CT molecular complexity index is 468. The van der Waals surface area contributed by atoms with Gasteiger partial charge in [0, 0.05) is 0 Å². The molecule has 45 heavy (non-hydrogen) atoms. The van der Waals surface area contributed by atoms with Gasteiger partial charge in [0.25, 0.3) is 0 Å². The number of carboxylic acids is 2. The maximum absolute atomic E-state index is 9.43. The summed E-state index contributed by atoms with van der Waals surface area (Å²) in [5.41, 5.74) is 0. The van der Waals surface area contributed by atoms with Crippen molar-refractivity contribution >= 4 is 11.9 Å². The Morgan fingerprint density at radius 1 is 0.333 bits per heavy atom. The first kappa shape index (κ1) is 48.3. The van der Waals surface area contributed by atoms with E-state index >= 15 is 0 Å². The van der Waals surface area contributed by atoms with Gasteiger partial charge in [-0.1, -0.05) is 157 Å². The van der Waals surface area contributed by atoms with E-state index in [-0.39, 0.29) is 0 Å². The molecule has 0 aromatic heterocycles. The van der Waals surface area contributed by atoms with Crippen molar-refractivity contribution in [2.24, 2.45) is 0 Å². The third kappa shape index (κ3) is 47.4. The van der Waals surface area contributed by atoms with Gasteiger partial charge in [0.2, 0.25) is 0 Å². The summed E-state index contributed by atoms with van der Waals surface area (Å²) in [4.78, 5) is 24.3. The quantitative estimate of drug-likeness (QED) is 0.0561. The van der Waals surface area contributed by atoms with Crippen LogP contribution in [0.15, 0.2) is 0 Å². The largest absolute Gasteiger partial charge is 0.481 e. The van der Waals surface area contributed by atoms with Crippen molar-refractivity contribution in [2.75, 3.05) is 39.3 Å².